The zero-order valence-corrected chi connectivity index (χ0v) is 12.8. The number of aromatic nitrogens is 1. The van der Waals surface area contributed by atoms with Crippen molar-refractivity contribution in [2.24, 2.45) is 0 Å². The second-order valence-corrected chi connectivity index (χ2v) is 6.13. The molecule has 4 nitrogen and oxygen atoms in total. The first-order valence-electron chi connectivity index (χ1n) is 6.20. The van der Waals surface area contributed by atoms with Crippen LogP contribution >= 0.6 is 11.8 Å². The van der Waals surface area contributed by atoms with Gasteiger partial charge in [-0.15, -0.1) is 0 Å². The summed E-state index contributed by atoms with van der Waals surface area (Å²) in [6.45, 7) is 9.44. The SMILES string of the molecule is Cc1cc(C)c(C#N)c(S[C@H](C)C(=O)NC(C)C)n1. The molecule has 0 unspecified atom stereocenters. The number of pyridine rings is 1. The van der Waals surface area contributed by atoms with Crippen molar-refractivity contribution in [3.8, 4) is 6.07 Å². The van der Waals surface area contributed by atoms with E-state index in [1.54, 1.807) is 0 Å². The van der Waals surface area contributed by atoms with Crippen LogP contribution in [0, 0.1) is 25.2 Å². The van der Waals surface area contributed by atoms with E-state index < -0.39 is 0 Å². The standard InChI is InChI=1S/C14H19N3OS/c1-8(2)16-13(18)11(5)19-14-12(7-15)9(3)6-10(4)17-14/h6,8,11H,1-5H3,(H,16,18)/t11-/m1/s1. The van der Waals surface area contributed by atoms with Crippen molar-refractivity contribution >= 4 is 17.7 Å². The number of hydrogen-bond acceptors (Lipinski definition) is 4. The highest BCUT2D eigenvalue weighted by Crippen LogP contribution is 2.27. The van der Waals surface area contributed by atoms with E-state index in [1.165, 1.54) is 11.8 Å². The van der Waals surface area contributed by atoms with Crippen molar-refractivity contribution < 1.29 is 4.79 Å². The van der Waals surface area contributed by atoms with Crippen molar-refractivity contribution in [3.05, 3.63) is 22.9 Å². The predicted octanol–water partition coefficient (Wildman–Crippen LogP) is 2.58. The molecule has 19 heavy (non-hydrogen) atoms. The van der Waals surface area contributed by atoms with Crippen molar-refractivity contribution in [2.45, 2.75) is 50.9 Å². The first kappa shape index (κ1) is 15.5. The van der Waals surface area contributed by atoms with Crippen LogP contribution in [0.3, 0.4) is 0 Å². The molecule has 102 valence electrons. The Morgan fingerprint density at radius 3 is 2.58 bits per heavy atom. The molecule has 1 rings (SSSR count). The molecule has 1 N–H and O–H groups in total. The van der Waals surface area contributed by atoms with E-state index in [4.69, 9.17) is 0 Å². The van der Waals surface area contributed by atoms with Gasteiger partial charge < -0.3 is 5.32 Å². The molecule has 1 heterocycles. The lowest BCUT2D eigenvalue weighted by Crippen LogP contribution is -2.35. The zero-order valence-electron chi connectivity index (χ0n) is 11.9. The highest BCUT2D eigenvalue weighted by atomic mass is 32.2. The third kappa shape index (κ3) is 4.25. The summed E-state index contributed by atoms with van der Waals surface area (Å²) in [4.78, 5) is 16.3. The lowest BCUT2D eigenvalue weighted by molar-refractivity contribution is -0.120. The number of nitrogens with zero attached hydrogens (tertiary/aromatic N) is 2. The molecule has 5 heteroatoms. The highest BCUT2D eigenvalue weighted by molar-refractivity contribution is 8.00. The molecule has 0 saturated carbocycles. The summed E-state index contributed by atoms with van der Waals surface area (Å²) in [7, 11) is 0. The normalized spacial score (nSPS) is 12.1. The number of carbonyl (C=O) groups is 1. The summed E-state index contributed by atoms with van der Waals surface area (Å²) in [6.07, 6.45) is 0. The van der Waals surface area contributed by atoms with Crippen LogP contribution in [0.5, 0.6) is 0 Å². The molecule has 0 aliphatic rings. The molecule has 0 fully saturated rings. The van der Waals surface area contributed by atoms with Gasteiger partial charge in [-0.05, 0) is 46.2 Å². The van der Waals surface area contributed by atoms with Gasteiger partial charge in [0.2, 0.25) is 5.91 Å². The van der Waals surface area contributed by atoms with Crippen LogP contribution in [-0.2, 0) is 4.79 Å². The zero-order chi connectivity index (χ0) is 14.6. The number of nitrogens with one attached hydrogen (secondary N) is 1. The smallest absolute Gasteiger partial charge is 0.233 e. The molecule has 1 aromatic rings. The molecule has 1 amide bonds. The Kier molecular flexibility index (Phi) is 5.37. The highest BCUT2D eigenvalue weighted by Gasteiger charge is 2.19. The largest absolute Gasteiger partial charge is 0.353 e. The van der Waals surface area contributed by atoms with Crippen LogP contribution in [-0.4, -0.2) is 22.2 Å². The van der Waals surface area contributed by atoms with Crippen LogP contribution in [0.2, 0.25) is 0 Å². The maximum Gasteiger partial charge on any atom is 0.233 e. The fourth-order valence-electron chi connectivity index (χ4n) is 1.65. The molecule has 0 aliphatic heterocycles. The molecule has 0 radical (unpaired) electrons. The number of rotatable bonds is 4. The second kappa shape index (κ2) is 6.58. The van der Waals surface area contributed by atoms with Crippen LogP contribution in [0.4, 0.5) is 0 Å². The third-order valence-corrected chi connectivity index (χ3v) is 3.60. The van der Waals surface area contributed by atoms with Gasteiger partial charge in [-0.2, -0.15) is 5.26 Å². The van der Waals surface area contributed by atoms with Crippen molar-refractivity contribution in [1.82, 2.24) is 10.3 Å². The summed E-state index contributed by atoms with van der Waals surface area (Å²) in [5, 5.41) is 12.4. The average molecular weight is 277 g/mol. The topological polar surface area (TPSA) is 65.8 Å². The average Bonchev–Trinajstić information content (AvgIpc) is 2.27. The number of hydrogen-bond donors (Lipinski definition) is 1. The van der Waals surface area contributed by atoms with Crippen LogP contribution < -0.4 is 5.32 Å². The molecule has 0 saturated heterocycles. The summed E-state index contributed by atoms with van der Waals surface area (Å²) in [6, 6.07) is 4.15. The number of thioether (sulfide) groups is 1. The fourth-order valence-corrected chi connectivity index (χ4v) is 2.68. The summed E-state index contributed by atoms with van der Waals surface area (Å²) < 4.78 is 0. The van der Waals surface area contributed by atoms with Gasteiger partial charge in [0, 0.05) is 11.7 Å². The van der Waals surface area contributed by atoms with Gasteiger partial charge in [0.1, 0.15) is 11.1 Å². The minimum atomic E-state index is -0.275. The monoisotopic (exact) mass is 277 g/mol. The van der Waals surface area contributed by atoms with Gasteiger partial charge in [0.25, 0.3) is 0 Å². The Morgan fingerprint density at radius 1 is 1.42 bits per heavy atom. The number of aryl methyl sites for hydroxylation is 2. The minimum Gasteiger partial charge on any atom is -0.353 e. The fraction of sp³-hybridized carbons (Fsp3) is 0.500. The van der Waals surface area contributed by atoms with Crippen LogP contribution in [0.1, 0.15) is 37.6 Å². The van der Waals surface area contributed by atoms with Crippen molar-refractivity contribution in [1.29, 1.82) is 5.26 Å². The van der Waals surface area contributed by atoms with Gasteiger partial charge in [0.05, 0.1) is 10.8 Å². The summed E-state index contributed by atoms with van der Waals surface area (Å²) in [5.74, 6) is -0.0372. The number of amides is 1. The van der Waals surface area contributed by atoms with E-state index in [1.807, 2.05) is 40.7 Å². The van der Waals surface area contributed by atoms with Crippen LogP contribution in [0.15, 0.2) is 11.1 Å². The summed E-state index contributed by atoms with van der Waals surface area (Å²) >= 11 is 1.33. The van der Waals surface area contributed by atoms with E-state index in [2.05, 4.69) is 16.4 Å². The summed E-state index contributed by atoms with van der Waals surface area (Å²) in [5.41, 5.74) is 2.31. The maximum absolute atomic E-state index is 11.9. The third-order valence-electron chi connectivity index (χ3n) is 2.51. The molecule has 0 spiro atoms. The Morgan fingerprint density at radius 2 is 2.05 bits per heavy atom. The van der Waals surface area contributed by atoms with Gasteiger partial charge >= 0.3 is 0 Å². The number of nitriles is 1. The van der Waals surface area contributed by atoms with Gasteiger partial charge in [0.15, 0.2) is 0 Å². The van der Waals surface area contributed by atoms with E-state index in [0.29, 0.717) is 10.6 Å². The van der Waals surface area contributed by atoms with Gasteiger partial charge in [-0.1, -0.05) is 11.8 Å². The predicted molar refractivity (Wildman–Crippen MR) is 77.0 cm³/mol. The van der Waals surface area contributed by atoms with E-state index in [9.17, 15) is 10.1 Å². The Balaban J connectivity index is 2.94. The molecule has 1 aromatic heterocycles. The number of carbonyl (C=O) groups excluding carboxylic acids is 1. The molecule has 0 bridgehead atoms. The molecular formula is C14H19N3OS. The first-order chi connectivity index (χ1) is 8.85. The Hall–Kier alpha value is -1.54. The lowest BCUT2D eigenvalue weighted by Gasteiger charge is -2.15. The van der Waals surface area contributed by atoms with E-state index in [0.717, 1.165) is 11.3 Å². The first-order valence-corrected chi connectivity index (χ1v) is 7.08. The minimum absolute atomic E-state index is 0.0372. The Labute approximate surface area is 118 Å². The Bertz CT molecular complexity index is 520. The van der Waals surface area contributed by atoms with Crippen molar-refractivity contribution in [3.63, 3.8) is 0 Å². The second-order valence-electron chi connectivity index (χ2n) is 4.80. The van der Waals surface area contributed by atoms with Crippen molar-refractivity contribution in [2.75, 3.05) is 0 Å². The van der Waals surface area contributed by atoms with Gasteiger partial charge in [-0.3, -0.25) is 4.79 Å². The quantitative estimate of drug-likeness (QED) is 0.859. The molecule has 0 aromatic carbocycles. The molecule has 0 aliphatic carbocycles. The van der Waals surface area contributed by atoms with Crippen LogP contribution in [0.25, 0.3) is 0 Å². The van der Waals surface area contributed by atoms with Gasteiger partial charge in [-0.25, -0.2) is 4.98 Å². The lowest BCUT2D eigenvalue weighted by atomic mass is 10.1. The maximum atomic E-state index is 11.9. The van der Waals surface area contributed by atoms with E-state index >= 15 is 0 Å². The molecular weight excluding hydrogens is 258 g/mol. The molecule has 1 atom stereocenters. The van der Waals surface area contributed by atoms with E-state index in [-0.39, 0.29) is 17.2 Å².